The topological polar surface area (TPSA) is 146 Å². The van der Waals surface area contributed by atoms with Crippen molar-refractivity contribution < 1.29 is 14.0 Å². The molecule has 0 fully saturated rings. The van der Waals surface area contributed by atoms with Crippen LogP contribution in [0.3, 0.4) is 0 Å². The largest absolute Gasteiger partial charge is 0.347 e. The summed E-state index contributed by atoms with van der Waals surface area (Å²) in [5, 5.41) is 9.14. The highest BCUT2D eigenvalue weighted by Crippen LogP contribution is 2.25. The summed E-state index contributed by atoms with van der Waals surface area (Å²) in [6.45, 7) is 3.76. The zero-order chi connectivity index (χ0) is 25.4. The SMILES string of the molecule is CNN/C(=N\N)c1ccc(C(C)(C)C(=O)Nc2cc(C(=O)NCc3ccc(F)cc3)ncn2)cc1. The lowest BCUT2D eigenvalue weighted by Gasteiger charge is -2.24. The van der Waals surface area contributed by atoms with Gasteiger partial charge in [0.1, 0.15) is 23.7 Å². The van der Waals surface area contributed by atoms with E-state index in [0.717, 1.165) is 16.7 Å². The van der Waals surface area contributed by atoms with Crippen molar-refractivity contribution in [3.63, 3.8) is 0 Å². The van der Waals surface area contributed by atoms with Gasteiger partial charge in [-0.25, -0.2) is 19.8 Å². The predicted octanol–water partition coefficient (Wildman–Crippen LogP) is 1.81. The summed E-state index contributed by atoms with van der Waals surface area (Å²) in [5.74, 6) is 4.93. The van der Waals surface area contributed by atoms with Crippen LogP contribution in [0.25, 0.3) is 0 Å². The van der Waals surface area contributed by atoms with Crippen molar-refractivity contribution in [2.45, 2.75) is 25.8 Å². The Balaban J connectivity index is 1.67. The van der Waals surface area contributed by atoms with Crippen molar-refractivity contribution in [1.82, 2.24) is 26.1 Å². The molecule has 2 amide bonds. The number of amidine groups is 1. The maximum atomic E-state index is 13.1. The Morgan fingerprint density at radius 2 is 1.74 bits per heavy atom. The van der Waals surface area contributed by atoms with Gasteiger partial charge in [-0.15, -0.1) is 0 Å². The lowest BCUT2D eigenvalue weighted by atomic mass is 9.83. The van der Waals surface area contributed by atoms with E-state index in [0.29, 0.717) is 5.84 Å². The van der Waals surface area contributed by atoms with Crippen LogP contribution in [0.4, 0.5) is 10.2 Å². The maximum Gasteiger partial charge on any atom is 0.270 e. The molecule has 0 bridgehead atoms. The van der Waals surface area contributed by atoms with Gasteiger partial charge in [0.15, 0.2) is 5.84 Å². The van der Waals surface area contributed by atoms with Crippen molar-refractivity contribution >= 4 is 23.5 Å². The second-order valence-corrected chi connectivity index (χ2v) is 8.11. The average molecular weight is 479 g/mol. The Morgan fingerprint density at radius 3 is 2.37 bits per heavy atom. The number of halogens is 1. The van der Waals surface area contributed by atoms with Gasteiger partial charge in [0.05, 0.1) is 5.41 Å². The second kappa shape index (κ2) is 11.2. The van der Waals surface area contributed by atoms with Crippen LogP contribution >= 0.6 is 0 Å². The number of aromatic nitrogens is 2. The highest BCUT2D eigenvalue weighted by Gasteiger charge is 2.30. The molecule has 0 aliphatic rings. The quantitative estimate of drug-likeness (QED) is 0.144. The van der Waals surface area contributed by atoms with E-state index in [2.05, 4.69) is 36.6 Å². The van der Waals surface area contributed by atoms with Crippen molar-refractivity contribution in [2.75, 3.05) is 12.4 Å². The normalized spacial score (nSPS) is 11.6. The summed E-state index contributed by atoms with van der Waals surface area (Å²) in [7, 11) is 1.70. The number of benzene rings is 2. The number of nitrogens with one attached hydrogen (secondary N) is 4. The molecule has 1 aromatic heterocycles. The number of hydrazone groups is 1. The Kier molecular flexibility index (Phi) is 8.05. The molecular formula is C24H27FN8O2. The van der Waals surface area contributed by atoms with Crippen LogP contribution in [-0.2, 0) is 16.8 Å². The van der Waals surface area contributed by atoms with Gasteiger partial charge < -0.3 is 21.9 Å². The lowest BCUT2D eigenvalue weighted by Crippen LogP contribution is -2.36. The first kappa shape index (κ1) is 25.2. The molecule has 10 nitrogen and oxygen atoms in total. The summed E-state index contributed by atoms with van der Waals surface area (Å²) in [5.41, 5.74) is 7.00. The number of nitrogens with zero attached hydrogens (tertiary/aromatic N) is 3. The molecule has 0 spiro atoms. The van der Waals surface area contributed by atoms with Crippen molar-refractivity contribution in [1.29, 1.82) is 0 Å². The van der Waals surface area contributed by atoms with E-state index in [1.807, 2.05) is 12.1 Å². The number of carbonyl (C=O) groups excluding carboxylic acids is 2. The molecule has 35 heavy (non-hydrogen) atoms. The van der Waals surface area contributed by atoms with Crippen LogP contribution in [0.5, 0.6) is 0 Å². The number of anilines is 1. The molecule has 0 radical (unpaired) electrons. The predicted molar refractivity (Wildman–Crippen MR) is 131 cm³/mol. The Bertz CT molecular complexity index is 1210. The van der Waals surface area contributed by atoms with Crippen molar-refractivity contribution in [3.8, 4) is 0 Å². The molecule has 6 N–H and O–H groups in total. The summed E-state index contributed by atoms with van der Waals surface area (Å²) in [6.07, 6.45) is 1.20. The van der Waals surface area contributed by atoms with E-state index < -0.39 is 11.3 Å². The molecule has 11 heteroatoms. The van der Waals surface area contributed by atoms with Crippen LogP contribution in [0.15, 0.2) is 66.0 Å². The van der Waals surface area contributed by atoms with E-state index in [1.54, 1.807) is 45.2 Å². The van der Waals surface area contributed by atoms with Crippen LogP contribution in [0.1, 0.15) is 41.0 Å². The third kappa shape index (κ3) is 6.36. The zero-order valence-electron chi connectivity index (χ0n) is 19.6. The maximum absolute atomic E-state index is 13.1. The van der Waals surface area contributed by atoms with E-state index in [-0.39, 0.29) is 29.8 Å². The smallest absolute Gasteiger partial charge is 0.270 e. The third-order valence-corrected chi connectivity index (χ3v) is 5.33. The van der Waals surface area contributed by atoms with E-state index >= 15 is 0 Å². The number of rotatable bonds is 8. The number of hydrogen-bond donors (Lipinski definition) is 5. The van der Waals surface area contributed by atoms with E-state index in [1.165, 1.54) is 24.5 Å². The van der Waals surface area contributed by atoms with Gasteiger partial charge in [-0.05, 0) is 37.1 Å². The lowest BCUT2D eigenvalue weighted by molar-refractivity contribution is -0.120. The van der Waals surface area contributed by atoms with Crippen LogP contribution < -0.4 is 27.3 Å². The Morgan fingerprint density at radius 1 is 1.06 bits per heavy atom. The first-order valence-electron chi connectivity index (χ1n) is 10.7. The first-order chi connectivity index (χ1) is 16.7. The molecule has 1 heterocycles. The minimum Gasteiger partial charge on any atom is -0.347 e. The van der Waals surface area contributed by atoms with Gasteiger partial charge in [0.2, 0.25) is 5.91 Å². The van der Waals surface area contributed by atoms with Gasteiger partial charge in [-0.2, -0.15) is 5.10 Å². The molecule has 0 saturated heterocycles. The highest BCUT2D eigenvalue weighted by atomic mass is 19.1. The average Bonchev–Trinajstić information content (AvgIpc) is 2.87. The molecular weight excluding hydrogens is 451 g/mol. The zero-order valence-corrected chi connectivity index (χ0v) is 19.6. The van der Waals surface area contributed by atoms with Gasteiger partial charge in [0, 0.05) is 25.2 Å². The fourth-order valence-corrected chi connectivity index (χ4v) is 3.17. The number of carbonyl (C=O) groups is 2. The van der Waals surface area contributed by atoms with Gasteiger partial charge >= 0.3 is 0 Å². The van der Waals surface area contributed by atoms with Crippen LogP contribution in [-0.4, -0.2) is 34.7 Å². The monoisotopic (exact) mass is 478 g/mol. The standard InChI is InChI=1S/C24H27FN8O2/c1-24(2,17-8-6-16(7-9-17)21(32-26)33-27-3)23(35)31-20-12-19(29-14-30-20)22(34)28-13-15-4-10-18(25)11-5-15/h4-12,14,27H,13,26H2,1-3H3,(H,28,34)(H,32,33)(H,29,30,31,35). The molecule has 182 valence electrons. The summed E-state index contributed by atoms with van der Waals surface area (Å²) >= 11 is 0. The summed E-state index contributed by atoms with van der Waals surface area (Å²) < 4.78 is 13.0. The Labute approximate surface area is 202 Å². The van der Waals surface area contributed by atoms with Gasteiger partial charge in [0.25, 0.3) is 5.91 Å². The van der Waals surface area contributed by atoms with E-state index in [4.69, 9.17) is 5.84 Å². The minimum atomic E-state index is -0.912. The van der Waals surface area contributed by atoms with Crippen LogP contribution in [0, 0.1) is 5.82 Å². The molecule has 0 atom stereocenters. The van der Waals surface area contributed by atoms with Crippen LogP contribution in [0.2, 0.25) is 0 Å². The molecule has 2 aromatic carbocycles. The van der Waals surface area contributed by atoms with Gasteiger partial charge in [-0.3, -0.25) is 9.59 Å². The molecule has 0 unspecified atom stereocenters. The molecule has 0 aliphatic carbocycles. The number of hydrogen-bond acceptors (Lipinski definition) is 7. The fourth-order valence-electron chi connectivity index (χ4n) is 3.17. The van der Waals surface area contributed by atoms with Crippen molar-refractivity contribution in [3.05, 3.63) is 89.1 Å². The summed E-state index contributed by atoms with van der Waals surface area (Å²) in [4.78, 5) is 33.6. The Hall–Kier alpha value is -4.38. The van der Waals surface area contributed by atoms with Crippen molar-refractivity contribution in [2.24, 2.45) is 10.9 Å². The number of amides is 2. The van der Waals surface area contributed by atoms with Gasteiger partial charge in [-0.1, -0.05) is 36.4 Å². The molecule has 0 saturated carbocycles. The second-order valence-electron chi connectivity index (χ2n) is 8.11. The first-order valence-corrected chi connectivity index (χ1v) is 10.7. The highest BCUT2D eigenvalue weighted by molar-refractivity contribution is 6.00. The molecule has 3 rings (SSSR count). The molecule has 0 aliphatic heterocycles. The third-order valence-electron chi connectivity index (χ3n) is 5.33. The fraction of sp³-hybridized carbons (Fsp3) is 0.208. The minimum absolute atomic E-state index is 0.0882. The van der Waals surface area contributed by atoms with E-state index in [9.17, 15) is 14.0 Å². The molecule has 3 aromatic rings. The summed E-state index contributed by atoms with van der Waals surface area (Å²) in [6, 6.07) is 14.4. The number of hydrazine groups is 1. The number of nitrogens with two attached hydrogens (primary N) is 1.